The molecule has 1 unspecified atom stereocenters. The number of morpholine rings is 1. The lowest BCUT2D eigenvalue weighted by molar-refractivity contribution is -0.142. The first kappa shape index (κ1) is 16.5. The molecule has 0 aromatic carbocycles. The number of aromatic nitrogens is 1. The fraction of sp³-hybridized carbons (Fsp3) is 0.700. The van der Waals surface area contributed by atoms with Crippen molar-refractivity contribution in [3.8, 4) is 0 Å². The highest BCUT2D eigenvalue weighted by Crippen LogP contribution is 2.64. The quantitative estimate of drug-likeness (QED) is 0.739. The molecule has 6 rings (SSSR count). The van der Waals surface area contributed by atoms with Gasteiger partial charge in [-0.25, -0.2) is 9.78 Å². The Balaban J connectivity index is 1.24. The third-order valence-electron chi connectivity index (χ3n) is 7.02. The van der Waals surface area contributed by atoms with Gasteiger partial charge in [0.05, 0.1) is 30.3 Å². The monoisotopic (exact) mass is 388 g/mol. The highest BCUT2D eigenvalue weighted by atomic mass is 32.1. The van der Waals surface area contributed by atoms with Gasteiger partial charge in [-0.3, -0.25) is 0 Å². The Kier molecular flexibility index (Phi) is 3.53. The van der Waals surface area contributed by atoms with Gasteiger partial charge in [0.2, 0.25) is 0 Å². The first-order valence-electron chi connectivity index (χ1n) is 10.0. The number of carbonyl (C=O) groups is 1. The van der Waals surface area contributed by atoms with Gasteiger partial charge in [0.1, 0.15) is 11.7 Å². The largest absolute Gasteiger partial charge is 0.455 e. The first-order chi connectivity index (χ1) is 13.2. The molecule has 27 heavy (non-hydrogen) atoms. The first-order valence-corrected chi connectivity index (χ1v) is 10.9. The van der Waals surface area contributed by atoms with Crippen LogP contribution in [0.5, 0.6) is 0 Å². The molecule has 3 atom stereocenters. The molecule has 1 aromatic rings. The van der Waals surface area contributed by atoms with Gasteiger partial charge in [0, 0.05) is 19.3 Å². The number of nitrogens with zero attached hydrogens (tertiary/aromatic N) is 2. The number of hydrogen-bond donors (Lipinski definition) is 0. The van der Waals surface area contributed by atoms with Gasteiger partial charge < -0.3 is 19.1 Å². The fourth-order valence-corrected chi connectivity index (χ4v) is 6.35. The lowest BCUT2D eigenvalue weighted by Gasteiger charge is -2.39. The van der Waals surface area contributed by atoms with Crippen molar-refractivity contribution in [1.29, 1.82) is 0 Å². The second kappa shape index (κ2) is 5.78. The van der Waals surface area contributed by atoms with Crippen molar-refractivity contribution in [2.45, 2.75) is 50.4 Å². The Labute approximate surface area is 162 Å². The number of ether oxygens (including phenoxy) is 3. The van der Waals surface area contributed by atoms with Gasteiger partial charge in [-0.05, 0) is 43.4 Å². The number of thiazole rings is 1. The van der Waals surface area contributed by atoms with Crippen LogP contribution in [0.2, 0.25) is 0 Å². The molecule has 0 N–H and O–H groups in total. The highest BCUT2D eigenvalue weighted by Gasteiger charge is 2.67. The number of carbonyl (C=O) groups excluding carboxylic acids is 1. The molecule has 1 aromatic heterocycles. The van der Waals surface area contributed by atoms with E-state index in [-0.39, 0.29) is 17.5 Å². The Morgan fingerprint density at radius 3 is 2.96 bits per heavy atom. The molecule has 2 saturated carbocycles. The van der Waals surface area contributed by atoms with Gasteiger partial charge in [0.15, 0.2) is 5.13 Å². The maximum atomic E-state index is 12.5. The summed E-state index contributed by atoms with van der Waals surface area (Å²) in [4.78, 5) is 20.5. The number of allylic oxidation sites excluding steroid dienone is 1. The van der Waals surface area contributed by atoms with Crippen molar-refractivity contribution in [2.24, 2.45) is 11.3 Å². The summed E-state index contributed by atoms with van der Waals surface area (Å²) < 4.78 is 17.7. The molecule has 3 aliphatic carbocycles. The molecule has 144 valence electrons. The van der Waals surface area contributed by atoms with E-state index in [4.69, 9.17) is 14.2 Å². The molecule has 2 aliphatic heterocycles. The maximum absolute atomic E-state index is 12.5. The Hall–Kier alpha value is -1.44. The molecular weight excluding hydrogens is 364 g/mol. The normalized spacial score (nSPS) is 35.9. The SMILES string of the molecule is O=C1O[C@@H]2CCC3CC4(C=C1[C@@]32OCc1cnc(N2CCOCC2)s1)CC4. The molecule has 4 fully saturated rings. The minimum absolute atomic E-state index is 0.107. The van der Waals surface area contributed by atoms with Crippen molar-refractivity contribution in [2.75, 3.05) is 31.2 Å². The molecule has 6 nitrogen and oxygen atoms in total. The van der Waals surface area contributed by atoms with Crippen LogP contribution in [0.3, 0.4) is 0 Å². The lowest BCUT2D eigenvalue weighted by Crippen LogP contribution is -2.47. The predicted molar refractivity (Wildman–Crippen MR) is 99.6 cm³/mol. The summed E-state index contributed by atoms with van der Waals surface area (Å²) in [5, 5.41) is 1.03. The smallest absolute Gasteiger partial charge is 0.337 e. The van der Waals surface area contributed by atoms with Crippen molar-refractivity contribution in [1.82, 2.24) is 4.98 Å². The topological polar surface area (TPSA) is 60.9 Å². The van der Waals surface area contributed by atoms with E-state index in [0.717, 1.165) is 61.1 Å². The minimum atomic E-state index is -0.520. The minimum Gasteiger partial charge on any atom is -0.455 e. The summed E-state index contributed by atoms with van der Waals surface area (Å²) in [5.74, 6) is 0.261. The number of rotatable bonds is 4. The van der Waals surface area contributed by atoms with Crippen molar-refractivity contribution >= 4 is 22.4 Å². The van der Waals surface area contributed by atoms with E-state index >= 15 is 0 Å². The Morgan fingerprint density at radius 1 is 1.30 bits per heavy atom. The van der Waals surface area contributed by atoms with Crippen LogP contribution < -0.4 is 4.90 Å². The fourth-order valence-electron chi connectivity index (χ4n) is 5.47. The molecule has 3 heterocycles. The van der Waals surface area contributed by atoms with Crippen molar-refractivity contribution in [3.05, 3.63) is 22.7 Å². The van der Waals surface area contributed by atoms with Gasteiger partial charge in [-0.2, -0.15) is 0 Å². The van der Waals surface area contributed by atoms with E-state index in [1.807, 2.05) is 6.20 Å². The number of hydrogen-bond acceptors (Lipinski definition) is 7. The van der Waals surface area contributed by atoms with Crippen molar-refractivity contribution in [3.63, 3.8) is 0 Å². The van der Waals surface area contributed by atoms with Crippen LogP contribution in [0.1, 0.15) is 37.0 Å². The molecule has 7 heteroatoms. The van der Waals surface area contributed by atoms with E-state index in [9.17, 15) is 4.79 Å². The van der Waals surface area contributed by atoms with E-state index < -0.39 is 5.60 Å². The van der Waals surface area contributed by atoms with Crippen LogP contribution in [-0.2, 0) is 25.6 Å². The summed E-state index contributed by atoms with van der Waals surface area (Å²) >= 11 is 1.68. The summed E-state index contributed by atoms with van der Waals surface area (Å²) in [7, 11) is 0. The summed E-state index contributed by atoms with van der Waals surface area (Å²) in [6.07, 6.45) is 9.60. The van der Waals surface area contributed by atoms with E-state index in [2.05, 4.69) is 16.0 Å². The van der Waals surface area contributed by atoms with Gasteiger partial charge in [-0.1, -0.05) is 17.4 Å². The zero-order chi connectivity index (χ0) is 18.1. The third kappa shape index (κ3) is 2.44. The molecule has 1 spiro atoms. The average Bonchev–Trinajstić information content (AvgIpc) is 3.04. The van der Waals surface area contributed by atoms with Crippen LogP contribution in [0.15, 0.2) is 17.8 Å². The maximum Gasteiger partial charge on any atom is 0.337 e. The van der Waals surface area contributed by atoms with E-state index in [1.165, 1.54) is 12.8 Å². The Morgan fingerprint density at radius 2 is 2.15 bits per heavy atom. The second-order valence-corrected chi connectivity index (χ2v) is 9.68. The van der Waals surface area contributed by atoms with Crippen LogP contribution >= 0.6 is 11.3 Å². The van der Waals surface area contributed by atoms with E-state index in [0.29, 0.717) is 12.5 Å². The van der Waals surface area contributed by atoms with Crippen molar-refractivity contribution < 1.29 is 19.0 Å². The van der Waals surface area contributed by atoms with Crippen LogP contribution in [-0.4, -0.2) is 49.0 Å². The van der Waals surface area contributed by atoms with Gasteiger partial charge >= 0.3 is 5.97 Å². The number of anilines is 1. The van der Waals surface area contributed by atoms with E-state index in [1.54, 1.807) is 11.3 Å². The zero-order valence-electron chi connectivity index (χ0n) is 15.3. The van der Waals surface area contributed by atoms with Crippen LogP contribution in [0.25, 0.3) is 0 Å². The molecule has 0 amide bonds. The second-order valence-electron chi connectivity index (χ2n) is 8.58. The van der Waals surface area contributed by atoms with Crippen LogP contribution in [0.4, 0.5) is 5.13 Å². The lowest BCUT2D eigenvalue weighted by atomic mass is 9.71. The highest BCUT2D eigenvalue weighted by molar-refractivity contribution is 7.15. The third-order valence-corrected chi connectivity index (χ3v) is 8.06. The summed E-state index contributed by atoms with van der Waals surface area (Å²) in [5.41, 5.74) is 0.560. The summed E-state index contributed by atoms with van der Waals surface area (Å²) in [6, 6.07) is 0. The molecule has 5 aliphatic rings. The predicted octanol–water partition coefficient (Wildman–Crippen LogP) is 2.68. The Bertz CT molecular complexity index is 811. The molecule has 0 bridgehead atoms. The summed E-state index contributed by atoms with van der Waals surface area (Å²) in [6.45, 7) is 3.79. The van der Waals surface area contributed by atoms with Gasteiger partial charge in [0.25, 0.3) is 0 Å². The molecule has 2 saturated heterocycles. The molecule has 0 radical (unpaired) electrons. The van der Waals surface area contributed by atoms with Gasteiger partial charge in [-0.15, -0.1) is 0 Å². The standard InChI is InChI=1S/C20H24N2O4S/c23-17-15-10-19(3-4-19)9-13-1-2-16(26-17)20(13,15)25-12-14-11-21-18(27-14)22-5-7-24-8-6-22/h10-11,13,16H,1-9,12H2/t13?,16-,20+/m1/s1. The van der Waals surface area contributed by atoms with Crippen LogP contribution in [0, 0.1) is 11.3 Å². The average molecular weight is 388 g/mol. The molecular formula is C20H24N2O4S. The number of esters is 1. The zero-order valence-corrected chi connectivity index (χ0v) is 16.1.